The van der Waals surface area contributed by atoms with Crippen LogP contribution in [-0.2, 0) is 10.0 Å². The number of nitrogens with one attached hydrogen (secondary N) is 1. The number of carboxylic acids is 1. The van der Waals surface area contributed by atoms with Gasteiger partial charge in [-0.1, -0.05) is 26.7 Å². The Morgan fingerprint density at radius 3 is 2.35 bits per heavy atom. The van der Waals surface area contributed by atoms with Gasteiger partial charge in [-0.05, 0) is 19.8 Å². The maximum atomic E-state index is 12.3. The van der Waals surface area contributed by atoms with Crippen LogP contribution in [0.5, 0.6) is 0 Å². The molecule has 1 unspecified atom stereocenters. The Morgan fingerprint density at radius 2 is 1.95 bits per heavy atom. The molecule has 0 spiro atoms. The van der Waals surface area contributed by atoms with Gasteiger partial charge in [0.25, 0.3) is 0 Å². The number of furan rings is 1. The van der Waals surface area contributed by atoms with Crippen molar-refractivity contribution < 1.29 is 22.7 Å². The van der Waals surface area contributed by atoms with Crippen molar-refractivity contribution in [1.82, 2.24) is 4.72 Å². The highest BCUT2D eigenvalue weighted by Gasteiger charge is 2.27. The highest BCUT2D eigenvalue weighted by Crippen LogP contribution is 2.22. The predicted molar refractivity (Wildman–Crippen MR) is 74.3 cm³/mol. The molecular formula is C13H21NO5S. The molecule has 0 saturated heterocycles. The molecule has 1 heterocycles. The minimum atomic E-state index is -3.78. The summed E-state index contributed by atoms with van der Waals surface area (Å²) >= 11 is 0. The van der Waals surface area contributed by atoms with Crippen LogP contribution in [0.1, 0.15) is 49.9 Å². The van der Waals surface area contributed by atoms with Gasteiger partial charge in [0.15, 0.2) is 0 Å². The largest absolute Gasteiger partial charge is 0.475 e. The molecular weight excluding hydrogens is 282 g/mol. The summed E-state index contributed by atoms with van der Waals surface area (Å²) in [5.74, 6) is -1.36. The second-order valence-corrected chi connectivity index (χ2v) is 6.51. The first-order valence-corrected chi connectivity index (χ1v) is 8.07. The van der Waals surface area contributed by atoms with Gasteiger partial charge in [-0.3, -0.25) is 0 Å². The van der Waals surface area contributed by atoms with Gasteiger partial charge in [-0.25, -0.2) is 17.9 Å². The summed E-state index contributed by atoms with van der Waals surface area (Å²) in [6.07, 6.45) is 1.73. The zero-order chi connectivity index (χ0) is 15.5. The van der Waals surface area contributed by atoms with E-state index in [1.807, 2.05) is 20.8 Å². The van der Waals surface area contributed by atoms with E-state index in [-0.39, 0.29) is 28.4 Å². The first kappa shape index (κ1) is 16.7. The summed E-state index contributed by atoms with van der Waals surface area (Å²) in [5, 5.41) is 8.83. The molecule has 1 atom stereocenters. The smallest absolute Gasteiger partial charge is 0.371 e. The monoisotopic (exact) mass is 303 g/mol. The summed E-state index contributed by atoms with van der Waals surface area (Å²) in [6.45, 7) is 7.25. The Kier molecular flexibility index (Phi) is 5.35. The van der Waals surface area contributed by atoms with Crippen molar-refractivity contribution in [1.29, 1.82) is 0 Å². The van der Waals surface area contributed by atoms with Crippen molar-refractivity contribution in [3.8, 4) is 0 Å². The molecule has 114 valence electrons. The predicted octanol–water partition coefficient (Wildman–Crippen LogP) is 2.39. The molecule has 0 amide bonds. The fourth-order valence-electron chi connectivity index (χ4n) is 2.24. The maximum Gasteiger partial charge on any atom is 0.371 e. The summed E-state index contributed by atoms with van der Waals surface area (Å²) in [5.41, 5.74) is 0. The van der Waals surface area contributed by atoms with E-state index in [1.165, 1.54) is 6.92 Å². The molecule has 1 aromatic heterocycles. The third kappa shape index (κ3) is 3.61. The molecule has 0 radical (unpaired) electrons. The first-order chi connectivity index (χ1) is 9.22. The SMILES string of the molecule is CCC(CC)C(C)NS(=O)(=O)c1cc(C(=O)O)oc1C. The lowest BCUT2D eigenvalue weighted by atomic mass is 9.96. The quantitative estimate of drug-likeness (QED) is 0.806. The van der Waals surface area contributed by atoms with E-state index < -0.39 is 16.0 Å². The third-order valence-corrected chi connectivity index (χ3v) is 5.14. The van der Waals surface area contributed by atoms with Crippen LogP contribution < -0.4 is 4.72 Å². The Bertz CT molecular complexity index is 572. The molecule has 6 nitrogen and oxygen atoms in total. The zero-order valence-electron chi connectivity index (χ0n) is 12.1. The van der Waals surface area contributed by atoms with Gasteiger partial charge < -0.3 is 9.52 Å². The molecule has 0 aromatic carbocycles. The number of hydrogen-bond donors (Lipinski definition) is 2. The summed E-state index contributed by atoms with van der Waals surface area (Å²) in [4.78, 5) is 10.7. The van der Waals surface area contributed by atoms with Crippen LogP contribution in [0.3, 0.4) is 0 Å². The first-order valence-electron chi connectivity index (χ1n) is 6.58. The molecule has 1 aromatic rings. The van der Waals surface area contributed by atoms with E-state index >= 15 is 0 Å². The number of rotatable bonds is 7. The Hall–Kier alpha value is -1.34. The molecule has 0 aliphatic heterocycles. The zero-order valence-corrected chi connectivity index (χ0v) is 13.0. The van der Waals surface area contributed by atoms with Crippen LogP contribution in [0.2, 0.25) is 0 Å². The topological polar surface area (TPSA) is 96.6 Å². The lowest BCUT2D eigenvalue weighted by molar-refractivity contribution is 0.0661. The van der Waals surface area contributed by atoms with Gasteiger partial charge in [0.1, 0.15) is 10.7 Å². The fourth-order valence-corrected chi connectivity index (χ4v) is 3.73. The fraction of sp³-hybridized carbons (Fsp3) is 0.615. The number of carbonyl (C=O) groups is 1. The molecule has 0 aliphatic carbocycles. The second kappa shape index (κ2) is 6.41. The molecule has 0 aliphatic rings. The van der Waals surface area contributed by atoms with E-state index in [1.54, 1.807) is 0 Å². The Labute approximate surface area is 119 Å². The Morgan fingerprint density at radius 1 is 1.40 bits per heavy atom. The van der Waals surface area contributed by atoms with E-state index in [0.717, 1.165) is 18.9 Å². The van der Waals surface area contributed by atoms with Crippen LogP contribution in [0.4, 0.5) is 0 Å². The van der Waals surface area contributed by atoms with Crippen molar-refractivity contribution in [3.05, 3.63) is 17.6 Å². The number of carboxylic acid groups (broad SMARTS) is 1. The highest BCUT2D eigenvalue weighted by atomic mass is 32.2. The lowest BCUT2D eigenvalue weighted by Crippen LogP contribution is -2.37. The van der Waals surface area contributed by atoms with Gasteiger partial charge in [0.05, 0.1) is 0 Å². The van der Waals surface area contributed by atoms with Crippen molar-refractivity contribution in [2.75, 3.05) is 0 Å². The van der Waals surface area contributed by atoms with Gasteiger partial charge in [0, 0.05) is 12.1 Å². The van der Waals surface area contributed by atoms with Crippen LogP contribution in [0.15, 0.2) is 15.4 Å². The number of aryl methyl sites for hydroxylation is 1. The van der Waals surface area contributed by atoms with E-state index in [2.05, 4.69) is 4.72 Å². The molecule has 0 bridgehead atoms. The minimum absolute atomic E-state index is 0.0756. The number of sulfonamides is 1. The molecule has 20 heavy (non-hydrogen) atoms. The third-order valence-electron chi connectivity index (χ3n) is 3.47. The van der Waals surface area contributed by atoms with Crippen molar-refractivity contribution in [2.45, 2.75) is 51.5 Å². The van der Waals surface area contributed by atoms with Gasteiger partial charge in [-0.2, -0.15) is 0 Å². The van der Waals surface area contributed by atoms with Gasteiger partial charge >= 0.3 is 5.97 Å². The maximum absolute atomic E-state index is 12.3. The minimum Gasteiger partial charge on any atom is -0.475 e. The summed E-state index contributed by atoms with van der Waals surface area (Å²) in [6, 6.07) is 0.817. The normalized spacial score (nSPS) is 13.7. The number of aromatic carboxylic acids is 1. The molecule has 7 heteroatoms. The van der Waals surface area contributed by atoms with Gasteiger partial charge in [-0.15, -0.1) is 0 Å². The summed E-state index contributed by atoms with van der Waals surface area (Å²) in [7, 11) is -3.78. The highest BCUT2D eigenvalue weighted by molar-refractivity contribution is 7.89. The molecule has 2 N–H and O–H groups in total. The summed E-state index contributed by atoms with van der Waals surface area (Å²) < 4.78 is 32.1. The van der Waals surface area contributed by atoms with Gasteiger partial charge in [0.2, 0.25) is 15.8 Å². The lowest BCUT2D eigenvalue weighted by Gasteiger charge is -2.22. The van der Waals surface area contributed by atoms with Crippen LogP contribution in [0, 0.1) is 12.8 Å². The molecule has 0 fully saturated rings. The van der Waals surface area contributed by atoms with Crippen LogP contribution in [0.25, 0.3) is 0 Å². The average Bonchev–Trinajstić information content (AvgIpc) is 2.73. The number of hydrogen-bond acceptors (Lipinski definition) is 4. The van der Waals surface area contributed by atoms with E-state index in [0.29, 0.717) is 0 Å². The van der Waals surface area contributed by atoms with Crippen molar-refractivity contribution in [2.24, 2.45) is 5.92 Å². The van der Waals surface area contributed by atoms with E-state index in [9.17, 15) is 13.2 Å². The Balaban J connectivity index is 3.02. The van der Waals surface area contributed by atoms with Crippen molar-refractivity contribution in [3.63, 3.8) is 0 Å². The molecule has 0 saturated carbocycles. The van der Waals surface area contributed by atoms with Crippen molar-refractivity contribution >= 4 is 16.0 Å². The standard InChI is InChI=1S/C13H21NO5S/c1-5-10(6-2)8(3)14-20(17,18)12-7-11(13(15)16)19-9(12)4/h7-8,10,14H,5-6H2,1-4H3,(H,15,16). The van der Waals surface area contributed by atoms with E-state index in [4.69, 9.17) is 9.52 Å². The average molecular weight is 303 g/mol. The van der Waals surface area contributed by atoms with Crippen LogP contribution >= 0.6 is 0 Å². The van der Waals surface area contributed by atoms with Crippen LogP contribution in [-0.4, -0.2) is 25.5 Å². The molecule has 1 rings (SSSR count). The second-order valence-electron chi connectivity index (χ2n) is 4.82.